The molecule has 1 aliphatic heterocycles. The maximum Gasteiger partial charge on any atom is 0.127 e. The Bertz CT molecular complexity index is 633. The number of hydrogen-bond donors (Lipinski definition) is 1. The van der Waals surface area contributed by atoms with Crippen molar-refractivity contribution in [3.8, 4) is 5.75 Å². The van der Waals surface area contributed by atoms with Crippen LogP contribution in [0.5, 0.6) is 5.75 Å². The molecule has 1 atom stereocenters. The molecule has 3 rings (SSSR count). The second-order valence-electron chi connectivity index (χ2n) is 5.49. The number of halogens is 1. The van der Waals surface area contributed by atoms with E-state index in [1.165, 1.54) is 22.3 Å². The van der Waals surface area contributed by atoms with Gasteiger partial charge in [0.1, 0.15) is 5.75 Å². The topological polar surface area (TPSA) is 21.3 Å². The van der Waals surface area contributed by atoms with Crippen LogP contribution < -0.4 is 10.1 Å². The van der Waals surface area contributed by atoms with Gasteiger partial charge in [-0.25, -0.2) is 0 Å². The van der Waals surface area contributed by atoms with Gasteiger partial charge in [0.15, 0.2) is 0 Å². The Morgan fingerprint density at radius 2 is 2.14 bits per heavy atom. The Hall–Kier alpha value is -1.32. The van der Waals surface area contributed by atoms with Gasteiger partial charge in [0, 0.05) is 16.5 Å². The fourth-order valence-corrected chi connectivity index (χ4v) is 3.64. The van der Waals surface area contributed by atoms with Crippen LogP contribution in [-0.4, -0.2) is 13.2 Å². The van der Waals surface area contributed by atoms with Crippen molar-refractivity contribution in [1.29, 1.82) is 0 Å². The lowest BCUT2D eigenvalue weighted by atomic mass is 9.95. The summed E-state index contributed by atoms with van der Waals surface area (Å²) >= 11 is 3.61. The van der Waals surface area contributed by atoms with Gasteiger partial charge in [0.2, 0.25) is 0 Å². The van der Waals surface area contributed by atoms with Crippen molar-refractivity contribution < 1.29 is 4.74 Å². The predicted molar refractivity (Wildman–Crippen MR) is 90.0 cm³/mol. The van der Waals surface area contributed by atoms with Gasteiger partial charge in [-0.15, -0.1) is 0 Å². The molecule has 21 heavy (non-hydrogen) atoms. The van der Waals surface area contributed by atoms with Gasteiger partial charge in [0.25, 0.3) is 0 Å². The number of nitrogens with one attached hydrogen (secondary N) is 1. The molecule has 0 fully saturated rings. The van der Waals surface area contributed by atoms with Gasteiger partial charge >= 0.3 is 0 Å². The minimum atomic E-state index is 0.166. The summed E-state index contributed by atoms with van der Waals surface area (Å²) in [6.45, 7) is 5.98. The van der Waals surface area contributed by atoms with Crippen LogP contribution in [0.25, 0.3) is 0 Å². The summed E-state index contributed by atoms with van der Waals surface area (Å²) < 4.78 is 7.01. The average Bonchev–Trinajstić information content (AvgIpc) is 2.92. The Labute approximate surface area is 134 Å². The maximum absolute atomic E-state index is 5.89. The highest BCUT2D eigenvalue weighted by Gasteiger charge is 2.23. The zero-order valence-corrected chi connectivity index (χ0v) is 14.0. The molecular formula is C18H20BrNO. The molecule has 0 aliphatic carbocycles. The first-order chi connectivity index (χ1) is 10.2. The summed E-state index contributed by atoms with van der Waals surface area (Å²) in [4.78, 5) is 0. The smallest absolute Gasteiger partial charge is 0.127 e. The highest BCUT2D eigenvalue weighted by atomic mass is 79.9. The van der Waals surface area contributed by atoms with Gasteiger partial charge in [-0.05, 0) is 42.3 Å². The standard InChI is InChI=1S/C18H20BrNO/c1-3-20-17(14-9-12(2)10-15(19)11-14)16-6-4-5-13-7-8-21-18(13)16/h4-6,9-11,17,20H,3,7-8H2,1-2H3. The number of benzene rings is 2. The fourth-order valence-electron chi connectivity index (χ4n) is 3.01. The maximum atomic E-state index is 5.89. The van der Waals surface area contributed by atoms with Crippen LogP contribution in [0.15, 0.2) is 40.9 Å². The lowest BCUT2D eigenvalue weighted by Gasteiger charge is -2.22. The van der Waals surface area contributed by atoms with E-state index in [2.05, 4.69) is 71.5 Å². The van der Waals surface area contributed by atoms with Crippen molar-refractivity contribution >= 4 is 15.9 Å². The SMILES string of the molecule is CCNC(c1cc(C)cc(Br)c1)c1cccc2c1OCC2. The summed E-state index contributed by atoms with van der Waals surface area (Å²) in [6.07, 6.45) is 1.01. The molecule has 0 aromatic heterocycles. The monoisotopic (exact) mass is 345 g/mol. The van der Waals surface area contributed by atoms with Crippen LogP contribution in [0.4, 0.5) is 0 Å². The number of aryl methyl sites for hydroxylation is 1. The van der Waals surface area contributed by atoms with Crippen molar-refractivity contribution in [1.82, 2.24) is 5.32 Å². The van der Waals surface area contributed by atoms with Gasteiger partial charge in [-0.2, -0.15) is 0 Å². The predicted octanol–water partition coefficient (Wildman–Crippen LogP) is 4.39. The summed E-state index contributed by atoms with van der Waals surface area (Å²) in [5.41, 5.74) is 5.09. The van der Waals surface area contributed by atoms with Crippen molar-refractivity contribution in [3.05, 3.63) is 63.1 Å². The summed E-state index contributed by atoms with van der Waals surface area (Å²) in [5, 5.41) is 3.60. The largest absolute Gasteiger partial charge is 0.493 e. The zero-order chi connectivity index (χ0) is 14.8. The number of rotatable bonds is 4. The Balaban J connectivity index is 2.08. The van der Waals surface area contributed by atoms with E-state index in [9.17, 15) is 0 Å². The zero-order valence-electron chi connectivity index (χ0n) is 12.4. The highest BCUT2D eigenvalue weighted by Crippen LogP contribution is 2.37. The molecule has 1 N–H and O–H groups in total. The molecule has 2 aromatic carbocycles. The van der Waals surface area contributed by atoms with E-state index >= 15 is 0 Å². The first kappa shape index (κ1) is 14.6. The third-order valence-electron chi connectivity index (χ3n) is 3.86. The minimum Gasteiger partial charge on any atom is -0.493 e. The third kappa shape index (κ3) is 2.99. The first-order valence-electron chi connectivity index (χ1n) is 7.44. The molecule has 1 heterocycles. The highest BCUT2D eigenvalue weighted by molar-refractivity contribution is 9.10. The van der Waals surface area contributed by atoms with E-state index in [0.29, 0.717) is 0 Å². The van der Waals surface area contributed by atoms with Gasteiger partial charge in [0.05, 0.1) is 12.6 Å². The molecule has 0 bridgehead atoms. The average molecular weight is 346 g/mol. The molecule has 2 aromatic rings. The van der Waals surface area contributed by atoms with E-state index in [-0.39, 0.29) is 6.04 Å². The molecule has 1 unspecified atom stereocenters. The second-order valence-corrected chi connectivity index (χ2v) is 6.40. The molecule has 0 radical (unpaired) electrons. The Kier molecular flexibility index (Phi) is 4.32. The van der Waals surface area contributed by atoms with Crippen LogP contribution in [0.3, 0.4) is 0 Å². The van der Waals surface area contributed by atoms with E-state index in [0.717, 1.165) is 29.8 Å². The van der Waals surface area contributed by atoms with Crippen LogP contribution in [0, 0.1) is 6.92 Å². The quantitative estimate of drug-likeness (QED) is 0.887. The summed E-state index contributed by atoms with van der Waals surface area (Å²) in [6, 6.07) is 13.2. The molecule has 0 saturated heterocycles. The first-order valence-corrected chi connectivity index (χ1v) is 8.23. The Morgan fingerprint density at radius 3 is 2.90 bits per heavy atom. The normalized spacial score (nSPS) is 14.6. The van der Waals surface area contributed by atoms with Gasteiger partial charge in [-0.3, -0.25) is 0 Å². The molecule has 110 valence electrons. The second kappa shape index (κ2) is 6.20. The fraction of sp³-hybridized carbons (Fsp3) is 0.333. The molecule has 0 saturated carbocycles. The minimum absolute atomic E-state index is 0.166. The molecule has 0 amide bonds. The summed E-state index contributed by atoms with van der Waals surface area (Å²) in [7, 11) is 0. The number of fused-ring (bicyclic) bond motifs is 1. The van der Waals surface area contributed by atoms with Crippen molar-refractivity contribution in [2.75, 3.05) is 13.2 Å². The molecule has 3 heteroatoms. The number of ether oxygens (including phenoxy) is 1. The van der Waals surface area contributed by atoms with Crippen molar-refractivity contribution in [2.24, 2.45) is 0 Å². The van der Waals surface area contributed by atoms with Crippen molar-refractivity contribution in [3.63, 3.8) is 0 Å². The lowest BCUT2D eigenvalue weighted by molar-refractivity contribution is 0.350. The third-order valence-corrected chi connectivity index (χ3v) is 4.32. The van der Waals surface area contributed by atoms with Crippen molar-refractivity contribution in [2.45, 2.75) is 26.3 Å². The lowest BCUT2D eigenvalue weighted by Crippen LogP contribution is -2.22. The van der Waals surface area contributed by atoms with E-state index in [4.69, 9.17) is 4.74 Å². The van der Waals surface area contributed by atoms with E-state index in [1.54, 1.807) is 0 Å². The number of hydrogen-bond acceptors (Lipinski definition) is 2. The van der Waals surface area contributed by atoms with E-state index < -0.39 is 0 Å². The Morgan fingerprint density at radius 1 is 1.29 bits per heavy atom. The van der Waals surface area contributed by atoms with Gasteiger partial charge in [-0.1, -0.05) is 47.1 Å². The summed E-state index contributed by atoms with van der Waals surface area (Å²) in [5.74, 6) is 1.07. The molecule has 2 nitrogen and oxygen atoms in total. The van der Waals surface area contributed by atoms with E-state index in [1.807, 2.05) is 0 Å². The van der Waals surface area contributed by atoms with Gasteiger partial charge < -0.3 is 10.1 Å². The van der Waals surface area contributed by atoms with Crippen LogP contribution in [0.2, 0.25) is 0 Å². The van der Waals surface area contributed by atoms with Crippen LogP contribution in [-0.2, 0) is 6.42 Å². The number of para-hydroxylation sites is 1. The van der Waals surface area contributed by atoms with Crippen LogP contribution >= 0.6 is 15.9 Å². The molecule has 0 spiro atoms. The molecule has 1 aliphatic rings. The van der Waals surface area contributed by atoms with Crippen LogP contribution in [0.1, 0.15) is 35.2 Å². The molecular weight excluding hydrogens is 326 g/mol.